The Morgan fingerprint density at radius 1 is 1.19 bits per heavy atom. The number of benzene rings is 1. The molecule has 1 aromatic heterocycles. The van der Waals surface area contributed by atoms with E-state index in [1.165, 1.54) is 11.3 Å². The normalized spacial score (nSPS) is 10.6. The number of nitrogens with one attached hydrogen (secondary N) is 1. The van der Waals surface area contributed by atoms with Crippen molar-refractivity contribution >= 4 is 15.9 Å². The van der Waals surface area contributed by atoms with Gasteiger partial charge in [-0.15, -0.1) is 0 Å². The number of hydrogen-bond donors (Lipinski definition) is 1. The number of halogens is 1. The van der Waals surface area contributed by atoms with E-state index < -0.39 is 0 Å². The molecule has 0 saturated carbocycles. The van der Waals surface area contributed by atoms with E-state index in [0.29, 0.717) is 0 Å². The van der Waals surface area contributed by atoms with Crippen molar-refractivity contribution in [2.75, 3.05) is 0 Å². The van der Waals surface area contributed by atoms with Crippen LogP contribution in [0.3, 0.4) is 0 Å². The van der Waals surface area contributed by atoms with Crippen LogP contribution in [0.1, 0.15) is 11.3 Å². The summed E-state index contributed by atoms with van der Waals surface area (Å²) >= 11 is 3.47. The molecule has 1 N–H and O–H groups in total. The van der Waals surface area contributed by atoms with Crippen molar-refractivity contribution in [3.8, 4) is 0 Å². The second-order valence-electron chi connectivity index (χ2n) is 3.84. The highest BCUT2D eigenvalue weighted by molar-refractivity contribution is 9.10. The van der Waals surface area contributed by atoms with Crippen molar-refractivity contribution in [3.63, 3.8) is 0 Å². The summed E-state index contributed by atoms with van der Waals surface area (Å²) in [4.78, 5) is 0. The molecule has 0 fully saturated rings. The lowest BCUT2D eigenvalue weighted by molar-refractivity contribution is 0.655. The molecule has 3 heteroatoms. The highest BCUT2D eigenvalue weighted by Crippen LogP contribution is 2.11. The van der Waals surface area contributed by atoms with Crippen molar-refractivity contribution in [1.82, 2.24) is 9.88 Å². The molecule has 0 aliphatic carbocycles. The first kappa shape index (κ1) is 11.4. The van der Waals surface area contributed by atoms with E-state index in [0.717, 1.165) is 17.6 Å². The molecule has 0 bridgehead atoms. The number of hydrogen-bond acceptors (Lipinski definition) is 1. The minimum atomic E-state index is 0.893. The Labute approximate surface area is 104 Å². The monoisotopic (exact) mass is 278 g/mol. The highest BCUT2D eigenvalue weighted by Gasteiger charge is 1.97. The lowest BCUT2D eigenvalue weighted by Gasteiger charge is -2.06. The Kier molecular flexibility index (Phi) is 3.80. The maximum atomic E-state index is 3.47. The molecule has 0 amide bonds. The first-order valence-corrected chi connectivity index (χ1v) is 6.10. The van der Waals surface area contributed by atoms with Gasteiger partial charge in [0.1, 0.15) is 0 Å². The predicted octanol–water partition coefficient (Wildman–Crippen LogP) is 3.08. The molecule has 0 spiro atoms. The molecule has 0 aliphatic heterocycles. The van der Waals surface area contributed by atoms with Crippen LogP contribution in [0, 0.1) is 0 Å². The van der Waals surface area contributed by atoms with E-state index in [1.807, 2.05) is 6.07 Å². The summed E-state index contributed by atoms with van der Waals surface area (Å²) in [5.74, 6) is 0. The molecule has 2 aromatic rings. The van der Waals surface area contributed by atoms with Gasteiger partial charge in [0.25, 0.3) is 0 Å². The van der Waals surface area contributed by atoms with E-state index in [-0.39, 0.29) is 0 Å². The zero-order chi connectivity index (χ0) is 11.4. The zero-order valence-corrected chi connectivity index (χ0v) is 10.9. The first-order valence-electron chi connectivity index (χ1n) is 5.31. The van der Waals surface area contributed by atoms with Gasteiger partial charge in [-0.3, -0.25) is 0 Å². The largest absolute Gasteiger partial charge is 0.353 e. The molecule has 2 nitrogen and oxygen atoms in total. The smallest absolute Gasteiger partial charge is 0.0362 e. The summed E-state index contributed by atoms with van der Waals surface area (Å²) in [6.07, 6.45) is 2.07. The number of aryl methyl sites for hydroxylation is 1. The number of rotatable bonds is 4. The lowest BCUT2D eigenvalue weighted by atomic mass is 10.2. The van der Waals surface area contributed by atoms with Crippen molar-refractivity contribution < 1.29 is 0 Å². The van der Waals surface area contributed by atoms with Crippen molar-refractivity contribution in [1.29, 1.82) is 0 Å². The van der Waals surface area contributed by atoms with E-state index in [1.54, 1.807) is 0 Å². The molecule has 1 aromatic carbocycles. The Morgan fingerprint density at radius 2 is 2.06 bits per heavy atom. The van der Waals surface area contributed by atoms with E-state index in [4.69, 9.17) is 0 Å². The molecule has 1 heterocycles. The molecule has 2 rings (SSSR count). The van der Waals surface area contributed by atoms with Gasteiger partial charge < -0.3 is 9.88 Å². The molecule has 16 heavy (non-hydrogen) atoms. The van der Waals surface area contributed by atoms with Gasteiger partial charge in [0.15, 0.2) is 0 Å². The zero-order valence-electron chi connectivity index (χ0n) is 9.28. The van der Waals surface area contributed by atoms with E-state index in [2.05, 4.69) is 69.4 Å². The van der Waals surface area contributed by atoms with Gasteiger partial charge >= 0.3 is 0 Å². The molecule has 0 saturated heterocycles. The van der Waals surface area contributed by atoms with Crippen LogP contribution in [0.4, 0.5) is 0 Å². The van der Waals surface area contributed by atoms with E-state index >= 15 is 0 Å². The number of nitrogens with zero attached hydrogens (tertiary/aromatic N) is 1. The fraction of sp³-hybridized carbons (Fsp3) is 0.231. The van der Waals surface area contributed by atoms with Gasteiger partial charge in [0.05, 0.1) is 0 Å². The molecular formula is C13H15BrN2. The number of aromatic nitrogens is 1. The third-order valence-corrected chi connectivity index (χ3v) is 3.07. The van der Waals surface area contributed by atoms with Crippen molar-refractivity contribution in [3.05, 3.63) is 58.3 Å². The highest BCUT2D eigenvalue weighted by atomic mass is 79.9. The molecule has 84 valence electrons. The molecule has 0 radical (unpaired) electrons. The van der Waals surface area contributed by atoms with Crippen molar-refractivity contribution in [2.24, 2.45) is 7.05 Å². The molecule has 0 aliphatic rings. The van der Waals surface area contributed by atoms with Crippen LogP contribution in [0.5, 0.6) is 0 Å². The SMILES string of the molecule is Cn1cccc1CNCc1cccc(Br)c1. The Balaban J connectivity index is 1.87. The third-order valence-electron chi connectivity index (χ3n) is 2.58. The average Bonchev–Trinajstić information content (AvgIpc) is 2.65. The second-order valence-corrected chi connectivity index (χ2v) is 4.76. The quantitative estimate of drug-likeness (QED) is 0.910. The maximum absolute atomic E-state index is 3.47. The van der Waals surface area contributed by atoms with Crippen LogP contribution in [0.25, 0.3) is 0 Å². The summed E-state index contributed by atoms with van der Waals surface area (Å²) in [5.41, 5.74) is 2.60. The fourth-order valence-corrected chi connectivity index (χ4v) is 2.11. The third kappa shape index (κ3) is 2.97. The lowest BCUT2D eigenvalue weighted by Crippen LogP contribution is -2.14. The standard InChI is InChI=1S/C13H15BrN2/c1-16-7-3-6-13(16)10-15-9-11-4-2-5-12(14)8-11/h2-8,15H,9-10H2,1H3. The van der Waals surface area contributed by atoms with Crippen LogP contribution in [0.2, 0.25) is 0 Å². The van der Waals surface area contributed by atoms with Crippen LogP contribution >= 0.6 is 15.9 Å². The predicted molar refractivity (Wildman–Crippen MR) is 70.1 cm³/mol. The summed E-state index contributed by atoms with van der Waals surface area (Å²) in [6.45, 7) is 1.79. The molecule has 0 unspecified atom stereocenters. The second kappa shape index (κ2) is 5.32. The summed E-state index contributed by atoms with van der Waals surface area (Å²) in [7, 11) is 2.07. The maximum Gasteiger partial charge on any atom is 0.0362 e. The minimum Gasteiger partial charge on any atom is -0.353 e. The summed E-state index contributed by atoms with van der Waals surface area (Å²) in [6, 6.07) is 12.6. The van der Waals surface area contributed by atoms with Gasteiger partial charge in [0.2, 0.25) is 0 Å². The van der Waals surface area contributed by atoms with Crippen LogP contribution in [0.15, 0.2) is 47.1 Å². The van der Waals surface area contributed by atoms with Gasteiger partial charge in [0, 0.05) is 36.5 Å². The van der Waals surface area contributed by atoms with Gasteiger partial charge in [-0.2, -0.15) is 0 Å². The topological polar surface area (TPSA) is 17.0 Å². The van der Waals surface area contributed by atoms with Crippen molar-refractivity contribution in [2.45, 2.75) is 13.1 Å². The van der Waals surface area contributed by atoms with Crippen LogP contribution in [-0.4, -0.2) is 4.57 Å². The summed E-state index contributed by atoms with van der Waals surface area (Å²) < 4.78 is 3.26. The summed E-state index contributed by atoms with van der Waals surface area (Å²) in [5, 5.41) is 3.43. The Bertz CT molecular complexity index is 462. The molecular weight excluding hydrogens is 264 g/mol. The Hall–Kier alpha value is -1.06. The van der Waals surface area contributed by atoms with E-state index in [9.17, 15) is 0 Å². The molecule has 0 atom stereocenters. The van der Waals surface area contributed by atoms with Gasteiger partial charge in [-0.25, -0.2) is 0 Å². The van der Waals surface area contributed by atoms with Crippen LogP contribution < -0.4 is 5.32 Å². The average molecular weight is 279 g/mol. The van der Waals surface area contributed by atoms with Gasteiger partial charge in [-0.05, 0) is 29.8 Å². The minimum absolute atomic E-state index is 0.893. The Morgan fingerprint density at radius 3 is 2.75 bits per heavy atom. The van der Waals surface area contributed by atoms with Crippen LogP contribution in [-0.2, 0) is 20.1 Å². The fourth-order valence-electron chi connectivity index (χ4n) is 1.66. The van der Waals surface area contributed by atoms with Gasteiger partial charge in [-0.1, -0.05) is 28.1 Å². The first-order chi connectivity index (χ1) is 7.75.